The first-order valence-corrected chi connectivity index (χ1v) is 15.0. The maximum absolute atomic E-state index is 12.2. The van der Waals surface area contributed by atoms with E-state index >= 15 is 0 Å². The molecule has 0 aliphatic carbocycles. The van der Waals surface area contributed by atoms with E-state index in [4.69, 9.17) is 29.9 Å². The van der Waals surface area contributed by atoms with Gasteiger partial charge in [-0.15, -0.1) is 0 Å². The molecule has 0 amide bonds. The lowest BCUT2D eigenvalue weighted by atomic mass is 10.1. The Kier molecular flexibility index (Phi) is 19.2. The molecule has 0 heterocycles. The molecule has 2 aromatic carbocycles. The van der Waals surface area contributed by atoms with Gasteiger partial charge in [-0.3, -0.25) is 19.2 Å². The Labute approximate surface area is 284 Å². The standard InChI is InChI=1S/C30H30O14.C3H6O3/c31-17-3-4-18-41-23(32)15-16-26(35)44-30(40)22-13-11-21(12-14-22)29(39)43-25(34)6-2-1-5-24(33)42-28(38)20-9-7-19(8-10-20)27(36)37;1-2(4)3(5)6/h7-14,31H,1-6,15-18H2,(H,36,37);2,4H,1H3,(H,5,6). The zero-order chi connectivity index (χ0) is 37.6. The minimum atomic E-state index is -1.23. The van der Waals surface area contributed by atoms with E-state index < -0.39 is 59.8 Å². The summed E-state index contributed by atoms with van der Waals surface area (Å²) in [6.45, 7) is 1.27. The van der Waals surface area contributed by atoms with Crippen molar-refractivity contribution in [3.8, 4) is 0 Å². The van der Waals surface area contributed by atoms with Crippen LogP contribution in [0.1, 0.15) is 99.7 Å². The van der Waals surface area contributed by atoms with Crippen LogP contribution in [0.15, 0.2) is 48.5 Å². The van der Waals surface area contributed by atoms with Crippen molar-refractivity contribution >= 4 is 53.7 Å². The topological polar surface area (TPSA) is 271 Å². The highest BCUT2D eigenvalue weighted by Gasteiger charge is 2.18. The summed E-state index contributed by atoms with van der Waals surface area (Å²) in [4.78, 5) is 104. The van der Waals surface area contributed by atoms with Crippen molar-refractivity contribution in [1.29, 1.82) is 0 Å². The van der Waals surface area contributed by atoms with Gasteiger partial charge < -0.3 is 39.4 Å². The number of aliphatic hydroxyl groups is 2. The van der Waals surface area contributed by atoms with Gasteiger partial charge in [0, 0.05) is 19.4 Å². The summed E-state index contributed by atoms with van der Waals surface area (Å²) in [5.41, 5.74) is -0.187. The van der Waals surface area contributed by atoms with E-state index in [0.29, 0.717) is 12.8 Å². The first-order chi connectivity index (χ1) is 23.6. The fourth-order valence-electron chi connectivity index (χ4n) is 3.35. The van der Waals surface area contributed by atoms with E-state index in [1.807, 2.05) is 0 Å². The van der Waals surface area contributed by atoms with Gasteiger partial charge in [-0.05, 0) is 81.1 Å². The lowest BCUT2D eigenvalue weighted by Crippen LogP contribution is -2.16. The Morgan fingerprint density at radius 1 is 0.540 bits per heavy atom. The number of hydrogen-bond acceptors (Lipinski definition) is 15. The molecule has 4 N–H and O–H groups in total. The summed E-state index contributed by atoms with van der Waals surface area (Å²) in [6.07, 6.45) is -1.09. The molecule has 0 saturated carbocycles. The summed E-state index contributed by atoms with van der Waals surface area (Å²) in [7, 11) is 0. The highest BCUT2D eigenvalue weighted by Crippen LogP contribution is 2.12. The van der Waals surface area contributed by atoms with Gasteiger partial charge in [0.05, 0.1) is 41.7 Å². The molecular weight excluding hydrogens is 668 g/mol. The average molecular weight is 705 g/mol. The van der Waals surface area contributed by atoms with Crippen molar-refractivity contribution < 1.29 is 82.5 Å². The van der Waals surface area contributed by atoms with Gasteiger partial charge in [0.25, 0.3) is 0 Å². The van der Waals surface area contributed by atoms with E-state index in [2.05, 4.69) is 9.47 Å². The molecule has 1 atom stereocenters. The summed E-state index contributed by atoms with van der Waals surface area (Å²) >= 11 is 0. The number of aliphatic carboxylic acids is 1. The molecule has 17 heteroatoms. The normalized spacial score (nSPS) is 10.7. The molecule has 0 aromatic heterocycles. The number of ether oxygens (including phenoxy) is 4. The van der Waals surface area contributed by atoms with Crippen LogP contribution in [-0.4, -0.2) is 93.5 Å². The third-order valence-electron chi connectivity index (χ3n) is 6.06. The molecule has 1 unspecified atom stereocenters. The average Bonchev–Trinajstić information content (AvgIpc) is 3.08. The lowest BCUT2D eigenvalue weighted by molar-refractivity contribution is -0.148. The van der Waals surface area contributed by atoms with Crippen LogP contribution >= 0.6 is 0 Å². The molecule has 0 fully saturated rings. The number of carboxylic acid groups (broad SMARTS) is 2. The van der Waals surface area contributed by atoms with E-state index in [-0.39, 0.29) is 74.0 Å². The molecule has 17 nitrogen and oxygen atoms in total. The Hall–Kier alpha value is -5.81. The Morgan fingerprint density at radius 3 is 1.22 bits per heavy atom. The lowest BCUT2D eigenvalue weighted by Gasteiger charge is -2.06. The van der Waals surface area contributed by atoms with Gasteiger partial charge in [-0.25, -0.2) is 24.0 Å². The fraction of sp³-hybridized carbons (Fsp3) is 0.364. The van der Waals surface area contributed by atoms with Gasteiger partial charge in [-0.2, -0.15) is 0 Å². The highest BCUT2D eigenvalue weighted by molar-refractivity contribution is 6.00. The van der Waals surface area contributed by atoms with Gasteiger partial charge in [-0.1, -0.05) is 0 Å². The smallest absolute Gasteiger partial charge is 0.345 e. The third-order valence-corrected chi connectivity index (χ3v) is 6.06. The summed E-state index contributed by atoms with van der Waals surface area (Å²) in [6, 6.07) is 9.53. The first-order valence-electron chi connectivity index (χ1n) is 15.0. The van der Waals surface area contributed by atoms with Gasteiger partial charge in [0.1, 0.15) is 6.10 Å². The zero-order valence-electron chi connectivity index (χ0n) is 26.9. The summed E-state index contributed by atoms with van der Waals surface area (Å²) in [5.74, 6) is -8.66. The van der Waals surface area contributed by atoms with Crippen LogP contribution in [0.4, 0.5) is 0 Å². The highest BCUT2D eigenvalue weighted by atomic mass is 16.6. The quantitative estimate of drug-likeness (QED) is 0.0795. The van der Waals surface area contributed by atoms with Crippen LogP contribution in [0, 0.1) is 0 Å². The van der Waals surface area contributed by atoms with Crippen molar-refractivity contribution in [2.75, 3.05) is 13.2 Å². The molecule has 0 aliphatic heterocycles. The number of hydrogen-bond donors (Lipinski definition) is 4. The van der Waals surface area contributed by atoms with Crippen LogP contribution in [0.25, 0.3) is 0 Å². The predicted molar refractivity (Wildman–Crippen MR) is 165 cm³/mol. The molecule has 0 spiro atoms. The molecule has 0 bridgehead atoms. The fourth-order valence-corrected chi connectivity index (χ4v) is 3.35. The number of carbonyl (C=O) groups is 9. The van der Waals surface area contributed by atoms with Crippen LogP contribution in [0.3, 0.4) is 0 Å². The summed E-state index contributed by atoms with van der Waals surface area (Å²) in [5, 5.41) is 33.3. The number of aliphatic hydroxyl groups excluding tert-OH is 2. The second kappa shape index (κ2) is 22.7. The molecule has 2 rings (SSSR count). The minimum absolute atomic E-state index is 0.00930. The van der Waals surface area contributed by atoms with Crippen molar-refractivity contribution in [3.05, 3.63) is 70.8 Å². The van der Waals surface area contributed by atoms with E-state index in [1.54, 1.807) is 0 Å². The first kappa shape index (κ1) is 42.2. The van der Waals surface area contributed by atoms with Crippen LogP contribution < -0.4 is 0 Å². The molecule has 0 saturated heterocycles. The molecule has 50 heavy (non-hydrogen) atoms. The second-order valence-corrected chi connectivity index (χ2v) is 10.1. The van der Waals surface area contributed by atoms with Crippen molar-refractivity contribution in [1.82, 2.24) is 0 Å². The molecular formula is C33H36O17. The van der Waals surface area contributed by atoms with Gasteiger partial charge in [0.15, 0.2) is 0 Å². The van der Waals surface area contributed by atoms with Gasteiger partial charge >= 0.3 is 53.7 Å². The van der Waals surface area contributed by atoms with Crippen LogP contribution in [-0.2, 0) is 42.9 Å². The molecule has 2 aromatic rings. The Morgan fingerprint density at radius 2 is 0.880 bits per heavy atom. The predicted octanol–water partition coefficient (Wildman–Crippen LogP) is 2.24. The number of aromatic carboxylic acids is 1. The van der Waals surface area contributed by atoms with E-state index in [9.17, 15) is 43.2 Å². The van der Waals surface area contributed by atoms with Crippen molar-refractivity contribution in [2.45, 2.75) is 64.4 Å². The number of rotatable bonds is 17. The maximum atomic E-state index is 12.2. The monoisotopic (exact) mass is 704 g/mol. The Bertz CT molecular complexity index is 1510. The molecule has 0 aliphatic rings. The number of benzene rings is 2. The second-order valence-electron chi connectivity index (χ2n) is 10.1. The van der Waals surface area contributed by atoms with Crippen molar-refractivity contribution in [3.63, 3.8) is 0 Å². The third kappa shape index (κ3) is 17.4. The van der Waals surface area contributed by atoms with Gasteiger partial charge in [0.2, 0.25) is 0 Å². The Balaban J connectivity index is 0.00000190. The van der Waals surface area contributed by atoms with Crippen LogP contribution in [0.5, 0.6) is 0 Å². The van der Waals surface area contributed by atoms with Crippen molar-refractivity contribution in [2.24, 2.45) is 0 Å². The van der Waals surface area contributed by atoms with E-state index in [1.165, 1.54) is 55.5 Å². The zero-order valence-corrected chi connectivity index (χ0v) is 26.9. The SMILES string of the molecule is CC(O)C(=O)O.O=C(CCC(=O)OC(=O)c1ccc(C(=O)OC(=O)CCCCC(=O)OC(=O)c2ccc(C(=O)O)cc2)cc1)OCCCCO. The molecule has 270 valence electrons. The molecule has 0 radical (unpaired) electrons. The number of esters is 7. The number of carboxylic acids is 2. The maximum Gasteiger partial charge on any atom is 0.345 e. The van der Waals surface area contributed by atoms with Crippen LogP contribution in [0.2, 0.25) is 0 Å². The number of unbranched alkanes of at least 4 members (excludes halogenated alkanes) is 2. The summed E-state index contributed by atoms with van der Waals surface area (Å²) < 4.78 is 18.9. The van der Waals surface area contributed by atoms with E-state index in [0.717, 1.165) is 0 Å². The largest absolute Gasteiger partial charge is 0.479 e. The minimum Gasteiger partial charge on any atom is -0.479 e. The number of carbonyl (C=O) groups excluding carboxylic acids is 7.